The minimum Gasteiger partial charge on any atom is -0.397 e. The molecule has 1 aromatic heterocycles. The zero-order valence-electron chi connectivity index (χ0n) is 10.8. The first-order valence-corrected chi connectivity index (χ1v) is 7.56. The summed E-state index contributed by atoms with van der Waals surface area (Å²) >= 11 is 4.75. The van der Waals surface area contributed by atoms with Crippen LogP contribution >= 0.6 is 27.3 Å². The number of carbonyl (C=O) groups is 2. The maximum Gasteiger partial charge on any atom is 0.263 e. The zero-order chi connectivity index (χ0) is 14.9. The van der Waals surface area contributed by atoms with Gasteiger partial charge in [-0.15, -0.1) is 11.3 Å². The van der Waals surface area contributed by atoms with E-state index >= 15 is 0 Å². The van der Waals surface area contributed by atoms with Crippen LogP contribution in [0.25, 0.3) is 10.1 Å². The van der Waals surface area contributed by atoms with Gasteiger partial charge in [-0.3, -0.25) is 9.59 Å². The van der Waals surface area contributed by atoms with Gasteiger partial charge in [-0.1, -0.05) is 22.0 Å². The summed E-state index contributed by atoms with van der Waals surface area (Å²) in [4.78, 5) is 23.5. The topological polar surface area (TPSA) is 98.2 Å². The Morgan fingerprint density at radius 2 is 2.15 bits per heavy atom. The van der Waals surface area contributed by atoms with E-state index in [9.17, 15) is 9.59 Å². The van der Waals surface area contributed by atoms with Crippen molar-refractivity contribution in [3.05, 3.63) is 27.5 Å². The predicted octanol–water partition coefficient (Wildman–Crippen LogP) is 2.24. The largest absolute Gasteiger partial charge is 0.397 e. The Labute approximate surface area is 128 Å². The lowest BCUT2D eigenvalue weighted by Crippen LogP contribution is -2.35. The Bertz CT molecular complexity index is 684. The molecule has 0 radical (unpaired) electrons. The summed E-state index contributed by atoms with van der Waals surface area (Å²) in [5, 5.41) is 3.56. The first-order valence-electron chi connectivity index (χ1n) is 5.95. The lowest BCUT2D eigenvalue weighted by Gasteiger charge is -2.11. The molecular formula is C13H14BrN3O2S. The number of benzene rings is 1. The van der Waals surface area contributed by atoms with Gasteiger partial charge in [-0.2, -0.15) is 0 Å². The molecule has 0 aliphatic heterocycles. The van der Waals surface area contributed by atoms with Crippen LogP contribution in [0.5, 0.6) is 0 Å². The van der Waals surface area contributed by atoms with Gasteiger partial charge in [0.15, 0.2) is 0 Å². The van der Waals surface area contributed by atoms with E-state index in [0.717, 1.165) is 14.6 Å². The molecule has 1 heterocycles. The van der Waals surface area contributed by atoms with Gasteiger partial charge in [0.1, 0.15) is 4.88 Å². The highest BCUT2D eigenvalue weighted by Crippen LogP contribution is 2.38. The number of nitrogens with two attached hydrogens (primary N) is 2. The molecule has 7 heteroatoms. The van der Waals surface area contributed by atoms with Gasteiger partial charge in [0.2, 0.25) is 5.91 Å². The summed E-state index contributed by atoms with van der Waals surface area (Å²) in [6.07, 6.45) is 0.0975. The van der Waals surface area contributed by atoms with Gasteiger partial charge in [0.05, 0.1) is 5.69 Å². The number of rotatable bonds is 4. The molecule has 2 rings (SSSR count). The van der Waals surface area contributed by atoms with Crippen molar-refractivity contribution in [2.75, 3.05) is 5.73 Å². The van der Waals surface area contributed by atoms with E-state index in [0.29, 0.717) is 10.6 Å². The van der Waals surface area contributed by atoms with Crippen LogP contribution in [-0.4, -0.2) is 17.9 Å². The Balaban J connectivity index is 2.29. The fourth-order valence-corrected chi connectivity index (χ4v) is 3.70. The SMILES string of the molecule is CC(CC(N)=O)NC(=O)c1sc2cccc(Br)c2c1N. The van der Waals surface area contributed by atoms with Crippen molar-refractivity contribution in [2.24, 2.45) is 5.73 Å². The molecule has 1 atom stereocenters. The van der Waals surface area contributed by atoms with Gasteiger partial charge in [0.25, 0.3) is 5.91 Å². The maximum atomic E-state index is 12.2. The van der Waals surface area contributed by atoms with Crippen molar-refractivity contribution in [1.29, 1.82) is 0 Å². The summed E-state index contributed by atoms with van der Waals surface area (Å²) in [6, 6.07) is 5.35. The number of hydrogen-bond donors (Lipinski definition) is 3. The van der Waals surface area contributed by atoms with Crippen LogP contribution in [0, 0.1) is 0 Å². The molecule has 2 amide bonds. The summed E-state index contributed by atoms with van der Waals surface area (Å²) in [6.45, 7) is 1.72. The van der Waals surface area contributed by atoms with E-state index in [4.69, 9.17) is 11.5 Å². The van der Waals surface area contributed by atoms with Crippen molar-refractivity contribution in [3.63, 3.8) is 0 Å². The number of primary amides is 1. The first-order chi connectivity index (χ1) is 9.40. The number of amides is 2. The molecule has 0 bridgehead atoms. The molecule has 5 N–H and O–H groups in total. The Morgan fingerprint density at radius 3 is 2.75 bits per heavy atom. The summed E-state index contributed by atoms with van der Waals surface area (Å²) in [5.74, 6) is -0.741. The van der Waals surface area contributed by atoms with Crippen molar-refractivity contribution in [1.82, 2.24) is 5.32 Å². The van der Waals surface area contributed by atoms with Crippen molar-refractivity contribution < 1.29 is 9.59 Å². The standard InChI is InChI=1S/C13H14BrN3O2S/c1-6(5-9(15)18)17-13(19)12-11(16)10-7(14)3-2-4-8(10)20-12/h2-4,6H,5,16H2,1H3,(H2,15,18)(H,17,19). The highest BCUT2D eigenvalue weighted by atomic mass is 79.9. The Morgan fingerprint density at radius 1 is 1.45 bits per heavy atom. The second kappa shape index (κ2) is 5.80. The van der Waals surface area contributed by atoms with Crippen molar-refractivity contribution >= 4 is 54.9 Å². The minimum atomic E-state index is -0.454. The van der Waals surface area contributed by atoms with Gasteiger partial charge in [-0.25, -0.2) is 0 Å². The first kappa shape index (κ1) is 14.8. The smallest absolute Gasteiger partial charge is 0.263 e. The van der Waals surface area contributed by atoms with E-state index < -0.39 is 5.91 Å². The summed E-state index contributed by atoms with van der Waals surface area (Å²) < 4.78 is 1.79. The molecule has 0 spiro atoms. The normalized spacial score (nSPS) is 12.3. The molecule has 2 aromatic rings. The molecule has 106 valence electrons. The van der Waals surface area contributed by atoms with Crippen LogP contribution in [-0.2, 0) is 4.79 Å². The number of hydrogen-bond acceptors (Lipinski definition) is 4. The van der Waals surface area contributed by atoms with Crippen LogP contribution in [0.2, 0.25) is 0 Å². The second-order valence-corrected chi connectivity index (χ2v) is 6.41. The molecule has 0 saturated heterocycles. The molecule has 0 aliphatic rings. The molecule has 20 heavy (non-hydrogen) atoms. The number of nitrogens with one attached hydrogen (secondary N) is 1. The second-order valence-electron chi connectivity index (χ2n) is 4.50. The zero-order valence-corrected chi connectivity index (χ0v) is 13.2. The van der Waals surface area contributed by atoms with E-state index in [1.807, 2.05) is 18.2 Å². The molecule has 0 fully saturated rings. The number of anilines is 1. The average molecular weight is 356 g/mol. The third-order valence-electron chi connectivity index (χ3n) is 2.79. The molecule has 0 saturated carbocycles. The summed E-state index contributed by atoms with van der Waals surface area (Å²) in [7, 11) is 0. The third-order valence-corrected chi connectivity index (χ3v) is 4.62. The van der Waals surface area contributed by atoms with E-state index in [2.05, 4.69) is 21.2 Å². The predicted molar refractivity (Wildman–Crippen MR) is 84.7 cm³/mol. The van der Waals surface area contributed by atoms with Gasteiger partial charge < -0.3 is 16.8 Å². The highest BCUT2D eigenvalue weighted by Gasteiger charge is 2.19. The lowest BCUT2D eigenvalue weighted by molar-refractivity contribution is -0.118. The van der Waals surface area contributed by atoms with E-state index in [1.165, 1.54) is 11.3 Å². The van der Waals surface area contributed by atoms with Crippen LogP contribution in [0.3, 0.4) is 0 Å². The number of halogens is 1. The van der Waals surface area contributed by atoms with Crippen molar-refractivity contribution in [2.45, 2.75) is 19.4 Å². The Kier molecular flexibility index (Phi) is 4.29. The molecule has 1 unspecified atom stereocenters. The van der Waals surface area contributed by atoms with Crippen LogP contribution in [0.4, 0.5) is 5.69 Å². The molecule has 5 nitrogen and oxygen atoms in total. The highest BCUT2D eigenvalue weighted by molar-refractivity contribution is 9.10. The number of nitrogen functional groups attached to an aromatic ring is 1. The van der Waals surface area contributed by atoms with Crippen molar-refractivity contribution in [3.8, 4) is 0 Å². The Hall–Kier alpha value is -1.60. The monoisotopic (exact) mass is 355 g/mol. The van der Waals surface area contributed by atoms with Crippen LogP contribution in [0.1, 0.15) is 23.0 Å². The lowest BCUT2D eigenvalue weighted by atomic mass is 10.2. The summed E-state index contributed by atoms with van der Waals surface area (Å²) in [5.41, 5.74) is 11.6. The van der Waals surface area contributed by atoms with Gasteiger partial charge in [0, 0.05) is 27.0 Å². The maximum absolute atomic E-state index is 12.2. The molecule has 1 aromatic carbocycles. The third kappa shape index (κ3) is 2.94. The van der Waals surface area contributed by atoms with Gasteiger partial charge >= 0.3 is 0 Å². The van der Waals surface area contributed by atoms with Gasteiger partial charge in [-0.05, 0) is 19.1 Å². The minimum absolute atomic E-state index is 0.0975. The average Bonchev–Trinajstić information content (AvgIpc) is 2.67. The molecular weight excluding hydrogens is 342 g/mol. The number of fused-ring (bicyclic) bond motifs is 1. The van der Waals surface area contributed by atoms with Crippen LogP contribution in [0.15, 0.2) is 22.7 Å². The number of carbonyl (C=O) groups excluding carboxylic acids is 2. The van der Waals surface area contributed by atoms with Crippen LogP contribution < -0.4 is 16.8 Å². The fraction of sp³-hybridized carbons (Fsp3) is 0.231. The fourth-order valence-electron chi connectivity index (χ4n) is 1.94. The number of thiophene rings is 1. The molecule has 0 aliphatic carbocycles. The quantitative estimate of drug-likeness (QED) is 0.784. The van der Waals surface area contributed by atoms with E-state index in [-0.39, 0.29) is 18.4 Å². The van der Waals surface area contributed by atoms with E-state index in [1.54, 1.807) is 6.92 Å².